The molecule has 0 radical (unpaired) electrons. The first-order valence-corrected chi connectivity index (χ1v) is 8.97. The largest absolute Gasteiger partial charge is 0.497 e. The minimum absolute atomic E-state index is 0.514. The quantitative estimate of drug-likeness (QED) is 0.621. The summed E-state index contributed by atoms with van der Waals surface area (Å²) in [7, 11) is 3.50. The third-order valence-electron chi connectivity index (χ3n) is 4.83. The Bertz CT molecular complexity index is 515. The Hall–Kier alpha value is -1.75. The Morgan fingerprint density at radius 3 is 2.67 bits per heavy atom. The highest BCUT2D eigenvalue weighted by Gasteiger charge is 2.22. The third-order valence-corrected chi connectivity index (χ3v) is 4.83. The van der Waals surface area contributed by atoms with Gasteiger partial charge in [-0.2, -0.15) is 0 Å². The van der Waals surface area contributed by atoms with Crippen LogP contribution in [0.5, 0.6) is 5.75 Å². The van der Waals surface area contributed by atoms with Crippen molar-refractivity contribution in [2.24, 2.45) is 4.99 Å². The summed E-state index contributed by atoms with van der Waals surface area (Å²) < 4.78 is 5.19. The topological polar surface area (TPSA) is 48.9 Å². The van der Waals surface area contributed by atoms with Crippen LogP contribution in [0.15, 0.2) is 29.3 Å². The first-order chi connectivity index (χ1) is 11.6. The van der Waals surface area contributed by atoms with E-state index in [1.165, 1.54) is 31.4 Å². The predicted octanol–water partition coefficient (Wildman–Crippen LogP) is 2.62. The zero-order valence-electron chi connectivity index (χ0n) is 15.5. The molecule has 0 saturated carbocycles. The molecule has 0 aliphatic carbocycles. The van der Waals surface area contributed by atoms with Crippen LogP contribution in [-0.4, -0.2) is 50.2 Å². The minimum atomic E-state index is 0.514. The zero-order valence-corrected chi connectivity index (χ0v) is 15.5. The van der Waals surface area contributed by atoms with Crippen LogP contribution in [0, 0.1) is 0 Å². The molecule has 0 spiro atoms. The molecular formula is C19H32N4O. The summed E-state index contributed by atoms with van der Waals surface area (Å²) in [6.07, 6.45) is 4.00. The van der Waals surface area contributed by atoms with Crippen LogP contribution in [-0.2, 0) is 6.54 Å². The number of hydrogen-bond donors (Lipinski definition) is 2. The van der Waals surface area contributed by atoms with Gasteiger partial charge in [0.05, 0.1) is 7.11 Å². The van der Waals surface area contributed by atoms with E-state index in [1.807, 2.05) is 19.2 Å². The molecule has 24 heavy (non-hydrogen) atoms. The highest BCUT2D eigenvalue weighted by atomic mass is 16.5. The van der Waals surface area contributed by atoms with Crippen molar-refractivity contribution in [3.05, 3.63) is 29.8 Å². The standard InChI is InChI=1S/C19H32N4O/c1-15-7-5-6-12-23(15)16(2)13-21-19(20-3)22-14-17-8-10-18(24-4)11-9-17/h8-11,15-16H,5-7,12-14H2,1-4H3,(H2,20,21,22). The number of rotatable bonds is 6. The Labute approximate surface area is 146 Å². The van der Waals surface area contributed by atoms with E-state index >= 15 is 0 Å². The molecule has 134 valence electrons. The molecule has 0 bridgehead atoms. The Balaban J connectivity index is 1.77. The molecule has 1 fully saturated rings. The van der Waals surface area contributed by atoms with Crippen molar-refractivity contribution in [2.45, 2.75) is 51.7 Å². The number of piperidine rings is 1. The molecular weight excluding hydrogens is 300 g/mol. The van der Waals surface area contributed by atoms with Crippen molar-refractivity contribution in [1.29, 1.82) is 0 Å². The van der Waals surface area contributed by atoms with Crippen molar-refractivity contribution < 1.29 is 4.74 Å². The summed E-state index contributed by atoms with van der Waals surface area (Å²) in [6.45, 7) is 7.50. The number of ether oxygens (including phenoxy) is 1. The average Bonchev–Trinajstić information content (AvgIpc) is 2.62. The summed E-state index contributed by atoms with van der Waals surface area (Å²) in [5, 5.41) is 6.82. The van der Waals surface area contributed by atoms with Gasteiger partial charge in [-0.3, -0.25) is 9.89 Å². The van der Waals surface area contributed by atoms with Crippen molar-refractivity contribution in [2.75, 3.05) is 27.2 Å². The van der Waals surface area contributed by atoms with Crippen LogP contribution in [0.1, 0.15) is 38.7 Å². The molecule has 1 aliphatic rings. The molecule has 1 aromatic rings. The van der Waals surface area contributed by atoms with Crippen molar-refractivity contribution in [3.63, 3.8) is 0 Å². The van der Waals surface area contributed by atoms with Crippen molar-refractivity contribution in [3.8, 4) is 5.75 Å². The molecule has 2 N–H and O–H groups in total. The second kappa shape index (κ2) is 9.52. The van der Waals surface area contributed by atoms with Gasteiger partial charge in [-0.15, -0.1) is 0 Å². The van der Waals surface area contributed by atoms with Gasteiger partial charge in [0.15, 0.2) is 5.96 Å². The molecule has 1 aliphatic heterocycles. The summed E-state index contributed by atoms with van der Waals surface area (Å²) >= 11 is 0. The fraction of sp³-hybridized carbons (Fsp3) is 0.632. The van der Waals surface area contributed by atoms with Gasteiger partial charge in [0.25, 0.3) is 0 Å². The van der Waals surface area contributed by atoms with E-state index in [0.717, 1.165) is 24.8 Å². The zero-order chi connectivity index (χ0) is 17.4. The minimum Gasteiger partial charge on any atom is -0.497 e. The lowest BCUT2D eigenvalue weighted by Gasteiger charge is -2.38. The fourth-order valence-electron chi connectivity index (χ4n) is 3.29. The van der Waals surface area contributed by atoms with E-state index in [-0.39, 0.29) is 0 Å². The first kappa shape index (κ1) is 18.6. The predicted molar refractivity (Wildman–Crippen MR) is 101 cm³/mol. The van der Waals surface area contributed by atoms with Gasteiger partial charge < -0.3 is 15.4 Å². The summed E-state index contributed by atoms with van der Waals surface area (Å²) in [4.78, 5) is 6.93. The highest BCUT2D eigenvalue weighted by Crippen LogP contribution is 2.18. The van der Waals surface area contributed by atoms with Crippen LogP contribution in [0.25, 0.3) is 0 Å². The van der Waals surface area contributed by atoms with Gasteiger partial charge in [0, 0.05) is 32.2 Å². The van der Waals surface area contributed by atoms with E-state index in [0.29, 0.717) is 12.1 Å². The summed E-state index contributed by atoms with van der Waals surface area (Å²) in [6, 6.07) is 9.29. The number of methoxy groups -OCH3 is 1. The van der Waals surface area contributed by atoms with E-state index in [9.17, 15) is 0 Å². The van der Waals surface area contributed by atoms with Gasteiger partial charge >= 0.3 is 0 Å². The molecule has 0 aromatic heterocycles. The number of benzene rings is 1. The molecule has 2 rings (SSSR count). The second-order valence-corrected chi connectivity index (χ2v) is 6.59. The van der Waals surface area contributed by atoms with Gasteiger partial charge in [-0.25, -0.2) is 0 Å². The lowest BCUT2D eigenvalue weighted by Crippen LogP contribution is -2.50. The molecule has 2 unspecified atom stereocenters. The highest BCUT2D eigenvalue weighted by molar-refractivity contribution is 5.79. The maximum atomic E-state index is 5.19. The van der Waals surface area contributed by atoms with E-state index in [2.05, 4.69) is 46.5 Å². The lowest BCUT2D eigenvalue weighted by molar-refractivity contribution is 0.115. The van der Waals surface area contributed by atoms with Gasteiger partial charge in [-0.1, -0.05) is 18.6 Å². The number of nitrogens with zero attached hydrogens (tertiary/aromatic N) is 2. The maximum absolute atomic E-state index is 5.19. The first-order valence-electron chi connectivity index (χ1n) is 8.97. The van der Waals surface area contributed by atoms with Crippen LogP contribution < -0.4 is 15.4 Å². The number of aliphatic imine (C=N–C) groups is 1. The van der Waals surface area contributed by atoms with E-state index in [1.54, 1.807) is 7.11 Å². The SMILES string of the molecule is CN=C(NCc1ccc(OC)cc1)NCC(C)N1CCCCC1C. The number of hydrogen-bond acceptors (Lipinski definition) is 3. The second-order valence-electron chi connectivity index (χ2n) is 6.59. The fourth-order valence-corrected chi connectivity index (χ4v) is 3.29. The van der Waals surface area contributed by atoms with Gasteiger partial charge in [0.1, 0.15) is 5.75 Å². The Morgan fingerprint density at radius 2 is 2.04 bits per heavy atom. The average molecular weight is 332 g/mol. The van der Waals surface area contributed by atoms with Crippen molar-refractivity contribution >= 4 is 5.96 Å². The molecule has 1 heterocycles. The molecule has 0 amide bonds. The monoisotopic (exact) mass is 332 g/mol. The maximum Gasteiger partial charge on any atom is 0.191 e. The molecule has 5 nitrogen and oxygen atoms in total. The third kappa shape index (κ3) is 5.41. The summed E-state index contributed by atoms with van der Waals surface area (Å²) in [5.74, 6) is 1.73. The van der Waals surface area contributed by atoms with Crippen LogP contribution in [0.3, 0.4) is 0 Å². The summed E-state index contributed by atoms with van der Waals surface area (Å²) in [5.41, 5.74) is 1.21. The number of nitrogens with one attached hydrogen (secondary N) is 2. The Morgan fingerprint density at radius 1 is 1.29 bits per heavy atom. The lowest BCUT2D eigenvalue weighted by atomic mass is 10.0. The van der Waals surface area contributed by atoms with E-state index < -0.39 is 0 Å². The molecule has 5 heteroatoms. The van der Waals surface area contributed by atoms with E-state index in [4.69, 9.17) is 4.74 Å². The number of guanidine groups is 1. The smallest absolute Gasteiger partial charge is 0.191 e. The molecule has 2 atom stereocenters. The normalized spacial score (nSPS) is 20.5. The Kier molecular flexibility index (Phi) is 7.37. The van der Waals surface area contributed by atoms with Crippen LogP contribution in [0.4, 0.5) is 0 Å². The number of likely N-dealkylation sites (tertiary alicyclic amines) is 1. The van der Waals surface area contributed by atoms with Gasteiger partial charge in [0.2, 0.25) is 0 Å². The van der Waals surface area contributed by atoms with Crippen LogP contribution >= 0.6 is 0 Å². The molecule has 1 saturated heterocycles. The van der Waals surface area contributed by atoms with Crippen molar-refractivity contribution in [1.82, 2.24) is 15.5 Å². The van der Waals surface area contributed by atoms with Gasteiger partial charge in [-0.05, 0) is 50.9 Å². The van der Waals surface area contributed by atoms with Crippen LogP contribution in [0.2, 0.25) is 0 Å². The molecule has 1 aromatic carbocycles.